The molecule has 0 bridgehead atoms. The van der Waals surface area contributed by atoms with Gasteiger partial charge in [0, 0.05) is 11.4 Å². The van der Waals surface area contributed by atoms with Crippen molar-refractivity contribution in [1.82, 2.24) is 0 Å². The van der Waals surface area contributed by atoms with Crippen LogP contribution < -0.4 is 5.32 Å². The number of hydrogen-bond acceptors (Lipinski definition) is 1. The first kappa shape index (κ1) is 13.9. The largest absolute Gasteiger partial charge is 0.356 e. The van der Waals surface area contributed by atoms with Crippen molar-refractivity contribution >= 4 is 17.3 Å². The summed E-state index contributed by atoms with van der Waals surface area (Å²) in [4.78, 5) is 0. The van der Waals surface area contributed by atoms with Gasteiger partial charge in [0.25, 0.3) is 0 Å². The van der Waals surface area contributed by atoms with Crippen LogP contribution in [0.1, 0.15) is 18.1 Å². The van der Waals surface area contributed by atoms with E-state index in [-0.39, 0.29) is 0 Å². The maximum atomic E-state index is 4.02. The van der Waals surface area contributed by atoms with Gasteiger partial charge in [0.1, 0.15) is 0 Å². The molecule has 0 saturated heterocycles. The second-order valence-electron chi connectivity index (χ2n) is 4.76. The Kier molecular flexibility index (Phi) is 4.56. The van der Waals surface area contributed by atoms with E-state index >= 15 is 0 Å². The van der Waals surface area contributed by atoms with E-state index in [9.17, 15) is 0 Å². The summed E-state index contributed by atoms with van der Waals surface area (Å²) in [5.41, 5.74) is 5.22. The number of hydrogen-bond donors (Lipinski definition) is 1. The summed E-state index contributed by atoms with van der Waals surface area (Å²) in [6, 6.07) is 18.3. The quantitative estimate of drug-likeness (QED) is 0.714. The minimum absolute atomic E-state index is 0.854. The number of allylic oxidation sites excluding steroid dienone is 2. The van der Waals surface area contributed by atoms with Crippen molar-refractivity contribution in [2.45, 2.75) is 6.92 Å². The van der Waals surface area contributed by atoms with Gasteiger partial charge >= 0.3 is 0 Å². The first-order valence-electron chi connectivity index (χ1n) is 6.60. The molecule has 1 nitrogen and oxygen atoms in total. The molecule has 0 heterocycles. The number of nitrogens with one attached hydrogen (secondary N) is 1. The molecule has 2 rings (SSSR count). The fourth-order valence-electron chi connectivity index (χ4n) is 1.85. The Bertz CT molecular complexity index is 636. The molecular formula is C19H19N. The van der Waals surface area contributed by atoms with Crippen molar-refractivity contribution in [3.05, 3.63) is 90.7 Å². The van der Waals surface area contributed by atoms with Crippen molar-refractivity contribution in [3.8, 4) is 0 Å². The average molecular weight is 261 g/mol. The van der Waals surface area contributed by atoms with Gasteiger partial charge in [0.2, 0.25) is 0 Å². The van der Waals surface area contributed by atoms with E-state index in [0.29, 0.717) is 0 Å². The van der Waals surface area contributed by atoms with Gasteiger partial charge < -0.3 is 5.32 Å². The topological polar surface area (TPSA) is 12.0 Å². The summed E-state index contributed by atoms with van der Waals surface area (Å²) < 4.78 is 0. The van der Waals surface area contributed by atoms with Crippen LogP contribution in [0.2, 0.25) is 0 Å². The molecule has 2 aromatic carbocycles. The Labute approximate surface area is 121 Å². The fraction of sp³-hybridized carbons (Fsp3) is 0.0526. The maximum absolute atomic E-state index is 4.02. The van der Waals surface area contributed by atoms with Crippen LogP contribution in [0.3, 0.4) is 0 Å². The highest BCUT2D eigenvalue weighted by atomic mass is 14.9. The van der Waals surface area contributed by atoms with Gasteiger partial charge in [-0.25, -0.2) is 0 Å². The van der Waals surface area contributed by atoms with E-state index in [1.807, 2.05) is 49.4 Å². The third-order valence-electron chi connectivity index (χ3n) is 2.94. The summed E-state index contributed by atoms with van der Waals surface area (Å²) in [7, 11) is 0. The molecule has 0 aliphatic carbocycles. The van der Waals surface area contributed by atoms with Crippen LogP contribution in [0, 0.1) is 0 Å². The zero-order valence-electron chi connectivity index (χ0n) is 11.8. The van der Waals surface area contributed by atoms with Crippen molar-refractivity contribution in [1.29, 1.82) is 0 Å². The number of benzene rings is 2. The van der Waals surface area contributed by atoms with Crippen LogP contribution in [0.15, 0.2) is 79.5 Å². The molecule has 0 aliphatic rings. The molecule has 2 aromatic rings. The normalized spacial score (nSPS) is 10.4. The Morgan fingerprint density at radius 3 is 2.45 bits per heavy atom. The lowest BCUT2D eigenvalue weighted by molar-refractivity contribution is 1.48. The van der Waals surface area contributed by atoms with Crippen molar-refractivity contribution in [2.75, 3.05) is 5.32 Å². The molecule has 0 saturated carbocycles. The molecule has 0 unspecified atom stereocenters. The molecule has 0 radical (unpaired) electrons. The molecule has 0 amide bonds. The molecule has 0 fully saturated rings. The summed E-state index contributed by atoms with van der Waals surface area (Å²) in [5.74, 6) is 0. The van der Waals surface area contributed by atoms with Gasteiger partial charge in [-0.3, -0.25) is 0 Å². The zero-order valence-corrected chi connectivity index (χ0v) is 11.8. The standard InChI is InChI=1S/C19H19N/c1-15(2)18-10-7-11-19(14-18)20-16(3)12-13-17-8-5-4-6-9-17/h4-14,20H,1,3H2,2H3/b13-12+. The zero-order chi connectivity index (χ0) is 14.4. The molecule has 0 aliphatic heterocycles. The molecule has 100 valence electrons. The van der Waals surface area contributed by atoms with Gasteiger partial charge in [-0.05, 0) is 36.3 Å². The van der Waals surface area contributed by atoms with Crippen LogP contribution >= 0.6 is 0 Å². The summed E-state index contributed by atoms with van der Waals surface area (Å²) in [6.45, 7) is 9.98. The molecule has 1 heteroatoms. The predicted molar refractivity (Wildman–Crippen MR) is 89.4 cm³/mol. The second-order valence-corrected chi connectivity index (χ2v) is 4.76. The van der Waals surface area contributed by atoms with Crippen LogP contribution in [-0.2, 0) is 0 Å². The van der Waals surface area contributed by atoms with E-state index in [0.717, 1.165) is 28.1 Å². The Morgan fingerprint density at radius 2 is 1.75 bits per heavy atom. The van der Waals surface area contributed by atoms with Gasteiger partial charge in [0.15, 0.2) is 0 Å². The van der Waals surface area contributed by atoms with E-state index in [1.165, 1.54) is 0 Å². The van der Waals surface area contributed by atoms with Gasteiger partial charge in [0.05, 0.1) is 0 Å². The first-order valence-corrected chi connectivity index (χ1v) is 6.60. The molecule has 0 spiro atoms. The molecule has 20 heavy (non-hydrogen) atoms. The summed E-state index contributed by atoms with van der Waals surface area (Å²) in [5, 5.41) is 3.29. The van der Waals surface area contributed by atoms with Gasteiger partial charge in [-0.2, -0.15) is 0 Å². The first-order chi connectivity index (χ1) is 9.65. The number of rotatable bonds is 5. The number of anilines is 1. The van der Waals surface area contributed by atoms with E-state index < -0.39 is 0 Å². The lowest BCUT2D eigenvalue weighted by Crippen LogP contribution is -1.95. The average Bonchev–Trinajstić information content (AvgIpc) is 2.46. The predicted octanol–water partition coefficient (Wildman–Crippen LogP) is 5.36. The van der Waals surface area contributed by atoms with Crippen LogP contribution in [0.4, 0.5) is 5.69 Å². The second kappa shape index (κ2) is 6.58. The maximum Gasteiger partial charge on any atom is 0.0390 e. The van der Waals surface area contributed by atoms with Crippen LogP contribution in [-0.4, -0.2) is 0 Å². The highest BCUT2D eigenvalue weighted by Gasteiger charge is 1.96. The highest BCUT2D eigenvalue weighted by molar-refractivity contribution is 5.67. The smallest absolute Gasteiger partial charge is 0.0390 e. The fourth-order valence-corrected chi connectivity index (χ4v) is 1.85. The Balaban J connectivity index is 2.03. The lowest BCUT2D eigenvalue weighted by Gasteiger charge is -2.08. The van der Waals surface area contributed by atoms with Crippen LogP contribution in [0.25, 0.3) is 11.6 Å². The third kappa shape index (κ3) is 3.99. The highest BCUT2D eigenvalue weighted by Crippen LogP contribution is 2.18. The van der Waals surface area contributed by atoms with E-state index in [2.05, 4.69) is 42.7 Å². The van der Waals surface area contributed by atoms with Crippen LogP contribution in [0.5, 0.6) is 0 Å². The molecule has 0 atom stereocenters. The Morgan fingerprint density at radius 1 is 1.00 bits per heavy atom. The minimum Gasteiger partial charge on any atom is -0.356 e. The van der Waals surface area contributed by atoms with E-state index in [4.69, 9.17) is 0 Å². The molecule has 0 aromatic heterocycles. The van der Waals surface area contributed by atoms with Crippen molar-refractivity contribution in [2.24, 2.45) is 0 Å². The lowest BCUT2D eigenvalue weighted by atomic mass is 10.1. The Hall–Kier alpha value is -2.54. The summed E-state index contributed by atoms with van der Waals surface area (Å²) in [6.07, 6.45) is 4.01. The molecule has 1 N–H and O–H groups in total. The molecular weight excluding hydrogens is 242 g/mol. The summed E-state index contributed by atoms with van der Waals surface area (Å²) >= 11 is 0. The van der Waals surface area contributed by atoms with Crippen molar-refractivity contribution < 1.29 is 0 Å². The minimum atomic E-state index is 0.854. The van der Waals surface area contributed by atoms with Gasteiger partial charge in [-0.1, -0.05) is 67.3 Å². The van der Waals surface area contributed by atoms with Gasteiger partial charge in [-0.15, -0.1) is 0 Å². The van der Waals surface area contributed by atoms with Crippen molar-refractivity contribution in [3.63, 3.8) is 0 Å². The monoisotopic (exact) mass is 261 g/mol. The third-order valence-corrected chi connectivity index (χ3v) is 2.94. The van der Waals surface area contributed by atoms with E-state index in [1.54, 1.807) is 0 Å². The SMILES string of the molecule is C=C(/C=C/c1ccccc1)Nc1cccc(C(=C)C)c1.